The van der Waals surface area contributed by atoms with Crippen molar-refractivity contribution in [3.05, 3.63) is 54.1 Å². The van der Waals surface area contributed by atoms with Crippen LogP contribution in [0.3, 0.4) is 0 Å². The van der Waals surface area contributed by atoms with Crippen molar-refractivity contribution in [3.63, 3.8) is 0 Å². The molecule has 140 valence electrons. The summed E-state index contributed by atoms with van der Waals surface area (Å²) in [6.45, 7) is 0.221. The van der Waals surface area contributed by atoms with E-state index < -0.39 is 29.9 Å². The van der Waals surface area contributed by atoms with E-state index in [-0.39, 0.29) is 12.6 Å². The minimum Gasteiger partial charge on any atom is -0.374 e. The van der Waals surface area contributed by atoms with E-state index in [1.165, 1.54) is 24.3 Å². The Kier molecular flexibility index (Phi) is 4.79. The minimum atomic E-state index is -5.02. The molecular weight excluding hydrogens is 347 g/mol. The Morgan fingerprint density at radius 2 is 1.96 bits per heavy atom. The first-order chi connectivity index (χ1) is 12.2. The van der Waals surface area contributed by atoms with Crippen LogP contribution in [0.5, 0.6) is 0 Å². The summed E-state index contributed by atoms with van der Waals surface area (Å²) >= 11 is 0. The van der Waals surface area contributed by atoms with E-state index in [2.05, 4.69) is 4.98 Å². The third-order valence-electron chi connectivity index (χ3n) is 4.57. The fourth-order valence-electron chi connectivity index (χ4n) is 2.98. The van der Waals surface area contributed by atoms with Crippen LogP contribution < -0.4 is 0 Å². The third kappa shape index (κ3) is 3.60. The molecule has 0 saturated heterocycles. The van der Waals surface area contributed by atoms with E-state index in [1.54, 1.807) is 0 Å². The highest BCUT2D eigenvalue weighted by Crippen LogP contribution is 2.42. The Balaban J connectivity index is 1.85. The topological polar surface area (TPSA) is 58.4 Å². The summed E-state index contributed by atoms with van der Waals surface area (Å²) < 4.78 is 42.0. The van der Waals surface area contributed by atoms with Gasteiger partial charge in [-0.05, 0) is 18.4 Å². The molecule has 0 aliphatic heterocycles. The fourth-order valence-corrected chi connectivity index (χ4v) is 2.98. The number of aromatic nitrogens is 2. The van der Waals surface area contributed by atoms with Crippen LogP contribution in [0.25, 0.3) is 0 Å². The highest BCUT2D eigenvalue weighted by atomic mass is 19.4. The quantitative estimate of drug-likeness (QED) is 0.854. The SMILES string of the molecule is Cn1ccnc1C(O)(CC(=O)N(Cc1ccccc1)C1CC1)C(F)(F)F. The predicted octanol–water partition coefficient (Wildman–Crippen LogP) is 2.75. The smallest absolute Gasteiger partial charge is 0.374 e. The molecular formula is C18H20F3N3O2. The molecule has 1 atom stereocenters. The van der Waals surface area contributed by atoms with E-state index in [1.807, 2.05) is 30.3 Å². The molecule has 8 heteroatoms. The first-order valence-corrected chi connectivity index (χ1v) is 8.32. The average Bonchev–Trinajstić information content (AvgIpc) is 3.32. The van der Waals surface area contributed by atoms with Gasteiger partial charge in [0, 0.05) is 32.0 Å². The number of carbonyl (C=O) groups excluding carboxylic acids is 1. The van der Waals surface area contributed by atoms with Gasteiger partial charge in [-0.15, -0.1) is 0 Å². The molecule has 2 aromatic rings. The van der Waals surface area contributed by atoms with Gasteiger partial charge in [0.05, 0.1) is 6.42 Å². The lowest BCUT2D eigenvalue weighted by molar-refractivity contribution is -0.272. The van der Waals surface area contributed by atoms with Gasteiger partial charge in [0.25, 0.3) is 0 Å². The van der Waals surface area contributed by atoms with Crippen molar-refractivity contribution < 1.29 is 23.1 Å². The highest BCUT2D eigenvalue weighted by Gasteiger charge is 2.59. The zero-order chi connectivity index (χ0) is 18.9. The number of hydrogen-bond acceptors (Lipinski definition) is 3. The van der Waals surface area contributed by atoms with Gasteiger partial charge in [-0.3, -0.25) is 4.79 Å². The summed E-state index contributed by atoms with van der Waals surface area (Å²) in [5.41, 5.74) is -2.49. The zero-order valence-electron chi connectivity index (χ0n) is 14.3. The van der Waals surface area contributed by atoms with E-state index >= 15 is 0 Å². The fraction of sp³-hybridized carbons (Fsp3) is 0.444. The molecule has 1 amide bonds. The van der Waals surface area contributed by atoms with Crippen LogP contribution in [0, 0.1) is 0 Å². The lowest BCUT2D eigenvalue weighted by Crippen LogP contribution is -2.48. The monoisotopic (exact) mass is 367 g/mol. The van der Waals surface area contributed by atoms with Crippen LogP contribution in [0.2, 0.25) is 0 Å². The molecule has 26 heavy (non-hydrogen) atoms. The van der Waals surface area contributed by atoms with E-state index in [4.69, 9.17) is 0 Å². The molecule has 1 N–H and O–H groups in total. The van der Waals surface area contributed by atoms with Crippen LogP contribution in [0.15, 0.2) is 42.7 Å². The number of imidazole rings is 1. The summed E-state index contributed by atoms with van der Waals surface area (Å²) in [5, 5.41) is 10.4. The highest BCUT2D eigenvalue weighted by molar-refractivity contribution is 5.78. The van der Waals surface area contributed by atoms with Crippen molar-refractivity contribution in [2.24, 2.45) is 7.05 Å². The molecule has 0 radical (unpaired) electrons. The molecule has 1 aromatic heterocycles. The third-order valence-corrected chi connectivity index (χ3v) is 4.57. The van der Waals surface area contributed by atoms with Gasteiger partial charge in [0.1, 0.15) is 0 Å². The Hall–Kier alpha value is -2.35. The van der Waals surface area contributed by atoms with Gasteiger partial charge in [0.15, 0.2) is 5.82 Å². The number of hydrogen-bond donors (Lipinski definition) is 1. The lowest BCUT2D eigenvalue weighted by atomic mass is 9.96. The zero-order valence-corrected chi connectivity index (χ0v) is 14.3. The normalized spacial score (nSPS) is 17.0. The summed E-state index contributed by atoms with van der Waals surface area (Å²) in [4.78, 5) is 17.8. The maximum absolute atomic E-state index is 13.6. The number of amides is 1. The van der Waals surface area contributed by atoms with Crippen LogP contribution in [-0.2, 0) is 24.0 Å². The molecule has 1 fully saturated rings. The second-order valence-corrected chi connectivity index (χ2v) is 6.63. The lowest BCUT2D eigenvalue weighted by Gasteiger charge is -2.32. The molecule has 1 unspecified atom stereocenters. The average molecular weight is 367 g/mol. The molecule has 1 heterocycles. The van der Waals surface area contributed by atoms with Gasteiger partial charge in [-0.1, -0.05) is 30.3 Å². The van der Waals surface area contributed by atoms with Crippen molar-refractivity contribution in [1.29, 1.82) is 0 Å². The van der Waals surface area contributed by atoms with Gasteiger partial charge < -0.3 is 14.6 Å². The number of benzene rings is 1. The summed E-state index contributed by atoms with van der Waals surface area (Å²) in [7, 11) is 1.35. The van der Waals surface area contributed by atoms with Crippen molar-refractivity contribution >= 4 is 5.91 Å². The Morgan fingerprint density at radius 1 is 1.31 bits per heavy atom. The molecule has 1 aliphatic carbocycles. The molecule has 5 nitrogen and oxygen atoms in total. The maximum atomic E-state index is 13.6. The summed E-state index contributed by atoms with van der Waals surface area (Å²) in [6, 6.07) is 9.00. The van der Waals surface area contributed by atoms with Crippen molar-refractivity contribution in [2.45, 2.75) is 43.6 Å². The van der Waals surface area contributed by atoms with E-state index in [0.29, 0.717) is 0 Å². The predicted molar refractivity (Wildman–Crippen MR) is 87.8 cm³/mol. The van der Waals surface area contributed by atoms with Crippen molar-refractivity contribution in [2.75, 3.05) is 0 Å². The van der Waals surface area contributed by atoms with Gasteiger partial charge in [-0.2, -0.15) is 13.2 Å². The number of carbonyl (C=O) groups is 1. The van der Waals surface area contributed by atoms with Gasteiger partial charge >= 0.3 is 6.18 Å². The first-order valence-electron chi connectivity index (χ1n) is 8.32. The molecule has 0 spiro atoms. The molecule has 1 saturated carbocycles. The summed E-state index contributed by atoms with van der Waals surface area (Å²) in [5.74, 6) is -1.33. The van der Waals surface area contributed by atoms with E-state index in [9.17, 15) is 23.1 Å². The standard InChI is InChI=1S/C18H20F3N3O2/c1-23-10-9-22-16(23)17(26,18(19,20)21)11-15(25)24(14-7-8-14)12-13-5-3-2-4-6-13/h2-6,9-10,14,26H,7-8,11-12H2,1H3. The minimum absolute atomic E-state index is 0.0819. The number of aryl methyl sites for hydroxylation is 1. The van der Waals surface area contributed by atoms with Crippen LogP contribution in [0.4, 0.5) is 13.2 Å². The Morgan fingerprint density at radius 3 is 2.46 bits per heavy atom. The Bertz CT molecular complexity index is 771. The maximum Gasteiger partial charge on any atom is 0.425 e. The van der Waals surface area contributed by atoms with E-state index in [0.717, 1.165) is 23.0 Å². The van der Waals surface area contributed by atoms with Crippen LogP contribution in [-0.4, -0.2) is 37.7 Å². The number of rotatable bonds is 6. The first kappa shape index (κ1) is 18.4. The number of aliphatic hydroxyl groups is 1. The largest absolute Gasteiger partial charge is 0.425 e. The van der Waals surface area contributed by atoms with Crippen molar-refractivity contribution in [3.8, 4) is 0 Å². The number of alkyl halides is 3. The van der Waals surface area contributed by atoms with Crippen molar-refractivity contribution in [1.82, 2.24) is 14.5 Å². The molecule has 3 rings (SSSR count). The number of halogens is 3. The van der Waals surface area contributed by atoms with Gasteiger partial charge in [-0.25, -0.2) is 4.98 Å². The second kappa shape index (κ2) is 6.75. The number of nitrogens with zero attached hydrogens (tertiary/aromatic N) is 3. The summed E-state index contributed by atoms with van der Waals surface area (Å²) in [6.07, 6.45) is -2.14. The molecule has 0 bridgehead atoms. The second-order valence-electron chi connectivity index (χ2n) is 6.63. The van der Waals surface area contributed by atoms with Crippen LogP contribution >= 0.6 is 0 Å². The molecule has 1 aromatic carbocycles. The van der Waals surface area contributed by atoms with Gasteiger partial charge in [0.2, 0.25) is 11.5 Å². The van der Waals surface area contributed by atoms with Crippen LogP contribution in [0.1, 0.15) is 30.7 Å². The molecule has 1 aliphatic rings. The Labute approximate surface area is 149 Å².